The number of anilines is 1. The second-order valence-corrected chi connectivity index (χ2v) is 9.02. The topological polar surface area (TPSA) is 101 Å². The van der Waals surface area contributed by atoms with E-state index in [1.165, 1.54) is 6.92 Å². The van der Waals surface area contributed by atoms with E-state index in [1.807, 2.05) is 13.8 Å². The van der Waals surface area contributed by atoms with Crippen LogP contribution in [0, 0.1) is 29.8 Å². The normalized spacial score (nSPS) is 18.0. The Bertz CT molecular complexity index is 1350. The first-order chi connectivity index (χ1) is 15.4. The van der Waals surface area contributed by atoms with Crippen LogP contribution in [-0.4, -0.2) is 39.8 Å². The molecule has 1 aliphatic rings. The molecule has 1 aliphatic heterocycles. The number of aryl methyl sites for hydroxylation is 1. The van der Waals surface area contributed by atoms with Crippen molar-refractivity contribution in [2.75, 3.05) is 18.0 Å². The van der Waals surface area contributed by atoms with Gasteiger partial charge in [-0.05, 0) is 30.9 Å². The minimum absolute atomic E-state index is 0.0429. The summed E-state index contributed by atoms with van der Waals surface area (Å²) in [7, 11) is 0. The maximum atomic E-state index is 15.5. The molecular weight excluding hydrogens is 437 g/mol. The third-order valence-corrected chi connectivity index (χ3v) is 6.31. The summed E-state index contributed by atoms with van der Waals surface area (Å²) in [5.74, 6) is -4.19. The summed E-state index contributed by atoms with van der Waals surface area (Å²) < 4.78 is 44.7. The third kappa shape index (κ3) is 3.74. The molecule has 0 spiro atoms. The lowest BCUT2D eigenvalue weighted by atomic mass is 9.79. The Kier molecular flexibility index (Phi) is 5.44. The highest BCUT2D eigenvalue weighted by Crippen LogP contribution is 2.34. The fraction of sp³-hybridized carbons (Fsp3) is 0.348. The molecule has 3 heterocycles. The van der Waals surface area contributed by atoms with Gasteiger partial charge in [0.2, 0.25) is 5.43 Å². The molecule has 4 rings (SSSR count). The molecule has 0 saturated carbocycles. The van der Waals surface area contributed by atoms with E-state index in [1.54, 1.807) is 4.90 Å². The molecule has 0 amide bonds. The molecule has 0 bridgehead atoms. The maximum absolute atomic E-state index is 15.5. The first kappa shape index (κ1) is 22.8. The Morgan fingerprint density at radius 2 is 1.97 bits per heavy atom. The van der Waals surface area contributed by atoms with Crippen LogP contribution in [0.4, 0.5) is 19.0 Å². The molecule has 10 heteroatoms. The van der Waals surface area contributed by atoms with Crippen molar-refractivity contribution in [3.63, 3.8) is 0 Å². The zero-order valence-corrected chi connectivity index (χ0v) is 18.3. The maximum Gasteiger partial charge on any atom is 0.341 e. The van der Waals surface area contributed by atoms with Gasteiger partial charge in [0.1, 0.15) is 17.2 Å². The van der Waals surface area contributed by atoms with Crippen LogP contribution < -0.4 is 16.1 Å². The van der Waals surface area contributed by atoms with Crippen LogP contribution >= 0.6 is 0 Å². The molecule has 0 aliphatic carbocycles. The summed E-state index contributed by atoms with van der Waals surface area (Å²) in [5.41, 5.74) is 3.77. The van der Waals surface area contributed by atoms with E-state index in [4.69, 9.17) is 5.73 Å². The summed E-state index contributed by atoms with van der Waals surface area (Å²) in [6, 6.07) is 2.63. The summed E-state index contributed by atoms with van der Waals surface area (Å²) >= 11 is 0. The van der Waals surface area contributed by atoms with Gasteiger partial charge in [0.25, 0.3) is 0 Å². The average molecular weight is 460 g/mol. The molecule has 7 nitrogen and oxygen atoms in total. The summed E-state index contributed by atoms with van der Waals surface area (Å²) in [5, 5.41) is 9.23. The Morgan fingerprint density at radius 3 is 2.58 bits per heavy atom. The molecule has 1 saturated heterocycles. The van der Waals surface area contributed by atoms with E-state index in [0.29, 0.717) is 25.6 Å². The molecule has 2 aromatic heterocycles. The van der Waals surface area contributed by atoms with Gasteiger partial charge in [-0.15, -0.1) is 0 Å². The standard InChI is InChI=1S/C23H23F3N4O3/c1-11-17-19(31)13(22(32)33)9-30(15-5-4-12(24)8-14(15)25)20(17)28-21(18(11)26)29-7-6-16(27)23(2,3)10-29/h4-5,8-9,16H,6-7,10,27H2,1-3H3,(H,32,33). The van der Waals surface area contributed by atoms with Crippen LogP contribution in [0.3, 0.4) is 0 Å². The minimum atomic E-state index is -1.56. The highest BCUT2D eigenvalue weighted by molar-refractivity contribution is 5.93. The Hall–Kier alpha value is -3.40. The number of halogens is 3. The molecule has 1 aromatic carbocycles. The number of fused-ring (bicyclic) bond motifs is 1. The molecule has 174 valence electrons. The van der Waals surface area contributed by atoms with Crippen molar-refractivity contribution in [3.8, 4) is 5.69 Å². The van der Waals surface area contributed by atoms with Crippen molar-refractivity contribution in [3.05, 3.63) is 63.2 Å². The summed E-state index contributed by atoms with van der Waals surface area (Å²) in [6.45, 7) is 6.08. The van der Waals surface area contributed by atoms with Gasteiger partial charge in [0.15, 0.2) is 17.3 Å². The van der Waals surface area contributed by atoms with Gasteiger partial charge in [-0.25, -0.2) is 22.9 Å². The van der Waals surface area contributed by atoms with Crippen molar-refractivity contribution >= 4 is 22.8 Å². The van der Waals surface area contributed by atoms with Gasteiger partial charge < -0.3 is 15.7 Å². The number of nitrogens with two attached hydrogens (primary N) is 1. The second kappa shape index (κ2) is 7.87. The number of carbonyl (C=O) groups is 1. The number of nitrogens with zero attached hydrogens (tertiary/aromatic N) is 3. The minimum Gasteiger partial charge on any atom is -0.477 e. The molecule has 33 heavy (non-hydrogen) atoms. The smallest absolute Gasteiger partial charge is 0.341 e. The number of hydrogen-bond donors (Lipinski definition) is 2. The monoisotopic (exact) mass is 460 g/mol. The van der Waals surface area contributed by atoms with Gasteiger partial charge in [-0.1, -0.05) is 13.8 Å². The number of pyridine rings is 2. The lowest BCUT2D eigenvalue weighted by molar-refractivity contribution is 0.0695. The summed E-state index contributed by atoms with van der Waals surface area (Å²) in [4.78, 5) is 30.7. The molecule has 3 N–H and O–H groups in total. The van der Waals surface area contributed by atoms with E-state index in [0.717, 1.165) is 22.9 Å². The van der Waals surface area contributed by atoms with E-state index < -0.39 is 34.4 Å². The van der Waals surface area contributed by atoms with Crippen LogP contribution in [0.1, 0.15) is 36.2 Å². The van der Waals surface area contributed by atoms with Crippen LogP contribution in [0.2, 0.25) is 0 Å². The average Bonchev–Trinajstić information content (AvgIpc) is 2.73. The number of piperidine rings is 1. The van der Waals surface area contributed by atoms with Crippen molar-refractivity contribution in [2.24, 2.45) is 11.1 Å². The largest absolute Gasteiger partial charge is 0.477 e. The van der Waals surface area contributed by atoms with E-state index in [2.05, 4.69) is 4.98 Å². The number of carboxylic acids is 1. The molecular formula is C23H23F3N4O3. The van der Waals surface area contributed by atoms with Crippen LogP contribution in [0.25, 0.3) is 16.7 Å². The number of hydrogen-bond acceptors (Lipinski definition) is 5. The Balaban J connectivity index is 2.06. The number of aromatic carboxylic acids is 1. The van der Waals surface area contributed by atoms with Gasteiger partial charge in [-0.3, -0.25) is 9.36 Å². The van der Waals surface area contributed by atoms with E-state index >= 15 is 4.39 Å². The van der Waals surface area contributed by atoms with E-state index in [-0.39, 0.29) is 39.6 Å². The zero-order chi connectivity index (χ0) is 24.2. The number of rotatable bonds is 3. The first-order valence-corrected chi connectivity index (χ1v) is 10.4. The van der Waals surface area contributed by atoms with Gasteiger partial charge in [-0.2, -0.15) is 0 Å². The third-order valence-electron chi connectivity index (χ3n) is 6.31. The molecule has 1 unspecified atom stereocenters. The molecule has 1 atom stereocenters. The first-order valence-electron chi connectivity index (χ1n) is 10.4. The summed E-state index contributed by atoms with van der Waals surface area (Å²) in [6.07, 6.45) is 1.51. The number of carboxylic acid groups (broad SMARTS) is 1. The number of aromatic nitrogens is 2. The molecule has 3 aromatic rings. The highest BCUT2D eigenvalue weighted by Gasteiger charge is 2.35. The van der Waals surface area contributed by atoms with Gasteiger partial charge >= 0.3 is 5.97 Å². The predicted molar refractivity (Wildman–Crippen MR) is 117 cm³/mol. The molecule has 0 radical (unpaired) electrons. The van der Waals surface area contributed by atoms with E-state index in [9.17, 15) is 23.5 Å². The lowest BCUT2D eigenvalue weighted by Gasteiger charge is -2.43. The fourth-order valence-corrected chi connectivity index (χ4v) is 4.26. The fourth-order valence-electron chi connectivity index (χ4n) is 4.26. The van der Waals surface area contributed by atoms with Crippen molar-refractivity contribution in [1.29, 1.82) is 0 Å². The van der Waals surface area contributed by atoms with Crippen LogP contribution in [0.5, 0.6) is 0 Å². The predicted octanol–water partition coefficient (Wildman–Crippen LogP) is 3.37. The zero-order valence-electron chi connectivity index (χ0n) is 18.3. The van der Waals surface area contributed by atoms with Crippen molar-refractivity contribution in [1.82, 2.24) is 9.55 Å². The SMILES string of the molecule is Cc1c(F)c(N2CCC(N)C(C)(C)C2)nc2c1c(=O)c(C(=O)O)cn2-c1ccc(F)cc1F. The van der Waals surface area contributed by atoms with Crippen LogP contribution in [0.15, 0.2) is 29.2 Å². The van der Waals surface area contributed by atoms with Gasteiger partial charge in [0, 0.05) is 37.0 Å². The van der Waals surface area contributed by atoms with Gasteiger partial charge in [0.05, 0.1) is 11.1 Å². The Labute approximate surface area is 187 Å². The van der Waals surface area contributed by atoms with Crippen LogP contribution in [-0.2, 0) is 0 Å². The Morgan fingerprint density at radius 1 is 1.27 bits per heavy atom. The van der Waals surface area contributed by atoms with Crippen molar-refractivity contribution in [2.45, 2.75) is 33.2 Å². The highest BCUT2D eigenvalue weighted by atomic mass is 19.1. The second-order valence-electron chi connectivity index (χ2n) is 9.02. The quantitative estimate of drug-likeness (QED) is 0.622. The van der Waals surface area contributed by atoms with Crippen molar-refractivity contribution < 1.29 is 23.1 Å². The lowest BCUT2D eigenvalue weighted by Crippen LogP contribution is -2.53. The molecule has 1 fully saturated rings. The number of benzene rings is 1.